The normalized spacial score (nSPS) is 33.1. The lowest BCUT2D eigenvalue weighted by molar-refractivity contribution is -0.00426. The molecule has 1 amide bonds. The molecular formula is C36H59NO4Si. The molecule has 0 aromatic carbocycles. The van der Waals surface area contributed by atoms with E-state index in [1.54, 1.807) is 19.7 Å². The molecule has 0 saturated heterocycles. The summed E-state index contributed by atoms with van der Waals surface area (Å²) in [7, 11) is 1.56. The van der Waals surface area contributed by atoms with Crippen LogP contribution >= 0.6 is 0 Å². The molecule has 0 aromatic rings. The van der Waals surface area contributed by atoms with E-state index in [1.807, 2.05) is 6.08 Å². The van der Waals surface area contributed by atoms with Gasteiger partial charge in [-0.3, -0.25) is 0 Å². The summed E-state index contributed by atoms with van der Waals surface area (Å²) in [6.45, 7) is 20.9. The fourth-order valence-electron chi connectivity index (χ4n) is 7.65. The third kappa shape index (κ3) is 7.02. The quantitative estimate of drug-likeness (QED) is 0.224. The molecule has 0 bridgehead atoms. The Labute approximate surface area is 257 Å². The highest BCUT2D eigenvalue weighted by atomic mass is 28.4. The summed E-state index contributed by atoms with van der Waals surface area (Å²) in [4.78, 5) is 13.5. The van der Waals surface area contributed by atoms with Crippen molar-refractivity contribution in [2.24, 2.45) is 23.2 Å². The smallest absolute Gasteiger partial charge is 0.409 e. The predicted molar refractivity (Wildman–Crippen MR) is 176 cm³/mol. The molecule has 1 unspecified atom stereocenters. The van der Waals surface area contributed by atoms with Gasteiger partial charge in [-0.05, 0) is 111 Å². The largest absolute Gasteiger partial charge is 0.440 e. The second-order valence-electron chi connectivity index (χ2n) is 15.9. The minimum Gasteiger partial charge on any atom is -0.440 e. The van der Waals surface area contributed by atoms with Gasteiger partial charge >= 0.3 is 6.09 Å². The molecule has 0 aromatic heterocycles. The molecular weight excluding hydrogens is 538 g/mol. The first-order chi connectivity index (χ1) is 19.5. The first kappa shape index (κ1) is 33.3. The van der Waals surface area contributed by atoms with Crippen molar-refractivity contribution in [3.63, 3.8) is 0 Å². The van der Waals surface area contributed by atoms with E-state index in [-0.39, 0.29) is 16.5 Å². The predicted octanol–water partition coefficient (Wildman–Crippen LogP) is 8.97. The number of aliphatic hydroxyl groups is 1. The van der Waals surface area contributed by atoms with Crippen LogP contribution in [0.4, 0.5) is 4.79 Å². The third-order valence-corrected chi connectivity index (χ3v) is 16.2. The van der Waals surface area contributed by atoms with Crippen molar-refractivity contribution in [2.45, 2.75) is 135 Å². The van der Waals surface area contributed by atoms with Crippen molar-refractivity contribution in [3.05, 3.63) is 47.6 Å². The summed E-state index contributed by atoms with van der Waals surface area (Å²) in [5.41, 5.74) is 3.80. The molecule has 4 aliphatic rings. The van der Waals surface area contributed by atoms with E-state index in [9.17, 15) is 9.90 Å². The number of aliphatic hydroxyl groups excluding tert-OH is 1. The van der Waals surface area contributed by atoms with Crippen LogP contribution in [0.15, 0.2) is 47.6 Å². The zero-order chi connectivity index (χ0) is 31.1. The highest BCUT2D eigenvalue weighted by Gasteiger charge is 2.53. The second kappa shape index (κ2) is 12.4. The number of hydrogen-bond donors (Lipinski definition) is 1. The molecule has 4 fully saturated rings. The van der Waals surface area contributed by atoms with Crippen molar-refractivity contribution in [1.29, 1.82) is 0 Å². The van der Waals surface area contributed by atoms with E-state index in [2.05, 4.69) is 72.5 Å². The van der Waals surface area contributed by atoms with E-state index < -0.39 is 20.0 Å². The molecule has 5 nitrogen and oxygen atoms in total. The van der Waals surface area contributed by atoms with Gasteiger partial charge < -0.3 is 19.2 Å². The standard InChI is InChI=1S/C36H59NO4Si/c1-25-13-17-29(41-42(9,10)34(3,4)5)24-28(25)16-15-27-12-11-21-35(6)30(18-19-31(27)35)26(2)14-20-32(38)36(22-23-36)40-33(39)37(7)8/h14-16,20,26,29-32,38H,1,11-13,17-19,21-24H2,2-10H3/b20-14+,27-15+,28-16-/t26-,29+,30-,31+,32?,35-/m1/s1. The number of carbonyl (C=O) groups is 1. The maximum absolute atomic E-state index is 12.1. The van der Waals surface area contributed by atoms with Crippen LogP contribution in [0, 0.1) is 23.2 Å². The lowest BCUT2D eigenvalue weighted by Crippen LogP contribution is -2.44. The van der Waals surface area contributed by atoms with Crippen molar-refractivity contribution >= 4 is 14.4 Å². The van der Waals surface area contributed by atoms with Crippen LogP contribution < -0.4 is 0 Å². The Balaban J connectivity index is 1.42. The summed E-state index contributed by atoms with van der Waals surface area (Å²) < 4.78 is 12.5. The number of rotatable bonds is 8. The van der Waals surface area contributed by atoms with Crippen LogP contribution in [-0.4, -0.2) is 56.3 Å². The van der Waals surface area contributed by atoms with Gasteiger partial charge in [-0.25, -0.2) is 4.79 Å². The fraction of sp³-hybridized carbons (Fsp3) is 0.750. The van der Waals surface area contributed by atoms with Gasteiger partial charge in [0.15, 0.2) is 8.32 Å². The highest BCUT2D eigenvalue weighted by Crippen LogP contribution is 2.59. The summed E-state index contributed by atoms with van der Waals surface area (Å²) in [5.74, 6) is 1.55. The SMILES string of the molecule is C=C1CC[C@H](O[Si](C)(C)C(C)(C)C)C/C1=C/C=C1\CCC[C@]2(C)[C@@H]([C@H](C)/C=C/C(O)C3(OC(=O)N(C)C)CC3)CC[C@@H]12. The highest BCUT2D eigenvalue weighted by molar-refractivity contribution is 6.74. The maximum atomic E-state index is 12.1. The average Bonchev–Trinajstić information content (AvgIpc) is 3.59. The Kier molecular flexibility index (Phi) is 9.82. The molecule has 0 radical (unpaired) electrons. The maximum Gasteiger partial charge on any atom is 0.409 e. The monoisotopic (exact) mass is 597 g/mol. The van der Waals surface area contributed by atoms with E-state index in [1.165, 1.54) is 48.2 Å². The molecule has 6 atom stereocenters. The molecule has 1 N–H and O–H groups in total. The third-order valence-electron chi connectivity index (χ3n) is 11.6. The van der Waals surface area contributed by atoms with Crippen LogP contribution in [0.2, 0.25) is 18.1 Å². The van der Waals surface area contributed by atoms with E-state index in [0.717, 1.165) is 32.1 Å². The first-order valence-corrected chi connectivity index (χ1v) is 19.4. The van der Waals surface area contributed by atoms with Gasteiger partial charge in [-0.1, -0.05) is 76.6 Å². The number of nitrogens with zero attached hydrogens (tertiary/aromatic N) is 1. The summed E-state index contributed by atoms with van der Waals surface area (Å²) >= 11 is 0. The molecule has 4 aliphatic carbocycles. The molecule has 236 valence electrons. The Morgan fingerprint density at radius 1 is 1.10 bits per heavy atom. The van der Waals surface area contributed by atoms with E-state index in [0.29, 0.717) is 23.9 Å². The minimum absolute atomic E-state index is 0.224. The van der Waals surface area contributed by atoms with Crippen LogP contribution in [-0.2, 0) is 9.16 Å². The molecule has 0 aliphatic heterocycles. The number of amides is 1. The first-order valence-electron chi connectivity index (χ1n) is 16.5. The Bertz CT molecular complexity index is 1110. The van der Waals surface area contributed by atoms with Crippen LogP contribution in [0.1, 0.15) is 98.8 Å². The summed E-state index contributed by atoms with van der Waals surface area (Å²) in [6.07, 6.45) is 18.8. The number of fused-ring (bicyclic) bond motifs is 1. The van der Waals surface area contributed by atoms with Crippen LogP contribution in [0.25, 0.3) is 0 Å². The van der Waals surface area contributed by atoms with Gasteiger partial charge in [0, 0.05) is 20.2 Å². The lowest BCUT2D eigenvalue weighted by Gasteiger charge is -2.44. The second-order valence-corrected chi connectivity index (χ2v) is 20.6. The Morgan fingerprint density at radius 2 is 1.79 bits per heavy atom. The zero-order valence-electron chi connectivity index (χ0n) is 28.1. The van der Waals surface area contributed by atoms with Gasteiger partial charge in [0.1, 0.15) is 11.7 Å². The summed E-state index contributed by atoms with van der Waals surface area (Å²) in [6, 6.07) is 0. The number of carbonyl (C=O) groups excluding carboxylic acids is 1. The molecule has 0 heterocycles. The average molecular weight is 598 g/mol. The Morgan fingerprint density at radius 3 is 2.40 bits per heavy atom. The van der Waals surface area contributed by atoms with Crippen molar-refractivity contribution in [2.75, 3.05) is 14.1 Å². The Hall–Kier alpha value is -1.63. The summed E-state index contributed by atoms with van der Waals surface area (Å²) in [5, 5.41) is 11.1. The number of allylic oxidation sites excluding steroid dienone is 5. The molecule has 4 rings (SSSR count). The van der Waals surface area contributed by atoms with Crippen molar-refractivity contribution in [1.82, 2.24) is 4.90 Å². The minimum atomic E-state index is -1.80. The van der Waals surface area contributed by atoms with Crippen molar-refractivity contribution < 1.29 is 19.1 Å². The topological polar surface area (TPSA) is 59.0 Å². The van der Waals surface area contributed by atoms with Gasteiger partial charge in [-0.15, -0.1) is 0 Å². The number of hydrogen-bond acceptors (Lipinski definition) is 4. The van der Waals surface area contributed by atoms with E-state index >= 15 is 0 Å². The van der Waals surface area contributed by atoms with Gasteiger partial charge in [-0.2, -0.15) is 0 Å². The van der Waals surface area contributed by atoms with Gasteiger partial charge in [0.25, 0.3) is 0 Å². The van der Waals surface area contributed by atoms with E-state index in [4.69, 9.17) is 9.16 Å². The molecule has 6 heteroatoms. The number of ether oxygens (including phenoxy) is 1. The molecule has 4 saturated carbocycles. The lowest BCUT2D eigenvalue weighted by atomic mass is 9.61. The van der Waals surface area contributed by atoms with Crippen molar-refractivity contribution in [3.8, 4) is 0 Å². The molecule has 42 heavy (non-hydrogen) atoms. The van der Waals surface area contributed by atoms with Crippen LogP contribution in [0.3, 0.4) is 0 Å². The van der Waals surface area contributed by atoms with Crippen LogP contribution in [0.5, 0.6) is 0 Å². The van der Waals surface area contributed by atoms with Gasteiger partial charge in [0.2, 0.25) is 0 Å². The van der Waals surface area contributed by atoms with Gasteiger partial charge in [0.05, 0.1) is 0 Å². The fourth-order valence-corrected chi connectivity index (χ4v) is 9.04. The zero-order valence-corrected chi connectivity index (χ0v) is 29.1. The molecule has 0 spiro atoms.